The summed E-state index contributed by atoms with van der Waals surface area (Å²) in [5, 5.41) is 10.8. The molecule has 0 fully saturated rings. The zero-order valence-corrected chi connectivity index (χ0v) is 38.2. The van der Waals surface area contributed by atoms with Gasteiger partial charge in [0.25, 0.3) is 0 Å². The molecule has 8 aromatic carbocycles. The smallest absolute Gasteiger partial charge is 1.00 e. The number of halogens is 2. The zero-order chi connectivity index (χ0) is 38.4. The molecule has 2 atom stereocenters. The Morgan fingerprint density at radius 3 is 1.22 bits per heavy atom. The molecule has 0 aromatic heterocycles. The largest absolute Gasteiger partial charge is 1.00 e. The Morgan fingerprint density at radius 1 is 0.441 bits per heavy atom. The Kier molecular flexibility index (Phi) is 10.9. The van der Waals surface area contributed by atoms with E-state index in [1.807, 2.05) is 0 Å². The molecule has 8 aromatic rings. The topological polar surface area (TPSA) is 0 Å². The molecular formula is C56H48Cl2Zr. The standard InChI is InChI=1S/C56H48.2ClH.Zr/c1-35(2)27-47-31-45-21-9-17-37(53(45)55(47)49-23-11-19-43-29-39-13-5-7-15-41(39)33-51(43)49)25-26-38-18-10-22-46-32-48(28-36(3)4)56(54(38)46)50-24-12-20-44-30-40-14-6-8-16-42(40)34-52(44)50;;;/h5-24,29-36H,25-28H2,1-4H3;2*1H;/q;;;+2/p-2. The monoisotopic (exact) mass is 880 g/mol. The summed E-state index contributed by atoms with van der Waals surface area (Å²) < 4.78 is 1.04. The fourth-order valence-corrected chi connectivity index (χ4v) is 16.0. The molecule has 0 N–H and O–H groups in total. The minimum atomic E-state index is -1.22. The SMILES string of the molecule is CC(C)CC1=C(c2cccc3cc4ccccc4cc23)c2c3cccc2[CH]1[Zr+2][CH]1C(CC(C)C)=C(c2cccc4cc5ccccc5cc24)c2c(cccc21)CC3.[Cl-].[Cl-]. The van der Waals surface area contributed by atoms with Crippen LogP contribution >= 0.6 is 0 Å². The van der Waals surface area contributed by atoms with Gasteiger partial charge in [-0.25, -0.2) is 0 Å². The molecule has 3 heteroatoms. The van der Waals surface area contributed by atoms with Crippen LogP contribution in [0, 0.1) is 11.8 Å². The van der Waals surface area contributed by atoms with E-state index in [2.05, 4.69) is 173 Å². The number of rotatable bonds is 6. The summed E-state index contributed by atoms with van der Waals surface area (Å²) in [6, 6.07) is 56.6. The maximum Gasteiger partial charge on any atom is -1.00 e. The first kappa shape index (κ1) is 40.2. The number of aryl methyl sites for hydroxylation is 2. The molecule has 1 heterocycles. The molecule has 3 aliphatic rings. The van der Waals surface area contributed by atoms with Gasteiger partial charge in [0.2, 0.25) is 0 Å². The van der Waals surface area contributed by atoms with E-state index in [9.17, 15) is 0 Å². The number of hydrogen-bond acceptors (Lipinski definition) is 0. The number of hydrogen-bond donors (Lipinski definition) is 0. The molecule has 11 rings (SSSR count). The zero-order valence-electron chi connectivity index (χ0n) is 34.3. The van der Waals surface area contributed by atoms with Gasteiger partial charge in [-0.1, -0.05) is 0 Å². The second-order valence-corrected chi connectivity index (χ2v) is 21.4. The van der Waals surface area contributed by atoms with Gasteiger partial charge in [-0.3, -0.25) is 0 Å². The molecule has 1 aliphatic heterocycles. The Bertz CT molecular complexity index is 2810. The normalized spacial score (nSPS) is 16.7. The van der Waals surface area contributed by atoms with Crippen LogP contribution in [-0.2, 0) is 36.1 Å². The van der Waals surface area contributed by atoms with Crippen molar-refractivity contribution in [1.82, 2.24) is 0 Å². The number of allylic oxidation sites excluding steroid dienone is 2. The molecule has 0 spiro atoms. The van der Waals surface area contributed by atoms with E-state index in [0.29, 0.717) is 19.1 Å². The minimum absolute atomic E-state index is 0. The van der Waals surface area contributed by atoms with Crippen LogP contribution in [0.1, 0.15) is 92.3 Å². The van der Waals surface area contributed by atoms with Crippen LogP contribution in [0.3, 0.4) is 0 Å². The molecule has 0 saturated heterocycles. The fourth-order valence-electron chi connectivity index (χ4n) is 10.9. The van der Waals surface area contributed by atoms with Gasteiger partial charge in [0, 0.05) is 0 Å². The summed E-state index contributed by atoms with van der Waals surface area (Å²) in [7, 11) is 0. The average Bonchev–Trinajstić information content (AvgIpc) is 3.68. The van der Waals surface area contributed by atoms with Gasteiger partial charge in [-0.2, -0.15) is 0 Å². The van der Waals surface area contributed by atoms with E-state index < -0.39 is 23.2 Å². The van der Waals surface area contributed by atoms with Gasteiger partial charge >= 0.3 is 351 Å². The first-order valence-electron chi connectivity index (χ1n) is 21.2. The second kappa shape index (κ2) is 16.0. The minimum Gasteiger partial charge on any atom is -1.00 e. The quantitative estimate of drug-likeness (QED) is 0.147. The fraction of sp³-hybridized carbons (Fsp3) is 0.214. The number of benzene rings is 8. The van der Waals surface area contributed by atoms with Crippen molar-refractivity contribution < 1.29 is 48.0 Å². The van der Waals surface area contributed by atoms with E-state index in [1.165, 1.54) is 65.3 Å². The maximum absolute atomic E-state index is 2.55. The molecular weight excluding hydrogens is 835 g/mol. The first-order valence-corrected chi connectivity index (χ1v) is 24.1. The van der Waals surface area contributed by atoms with Crippen molar-refractivity contribution in [2.24, 2.45) is 11.8 Å². The van der Waals surface area contributed by atoms with Crippen molar-refractivity contribution in [3.8, 4) is 0 Å². The van der Waals surface area contributed by atoms with Crippen LogP contribution in [-0.4, -0.2) is 0 Å². The molecule has 0 saturated carbocycles. The van der Waals surface area contributed by atoms with Crippen LogP contribution in [0.2, 0.25) is 0 Å². The van der Waals surface area contributed by atoms with Gasteiger partial charge in [-0.05, 0) is 0 Å². The molecule has 290 valence electrons. The van der Waals surface area contributed by atoms with E-state index in [1.54, 1.807) is 44.5 Å². The van der Waals surface area contributed by atoms with Crippen molar-refractivity contribution in [2.75, 3.05) is 0 Å². The third-order valence-corrected chi connectivity index (χ3v) is 18.0. The molecule has 2 aliphatic carbocycles. The van der Waals surface area contributed by atoms with Gasteiger partial charge < -0.3 is 24.8 Å². The van der Waals surface area contributed by atoms with Gasteiger partial charge in [0.05, 0.1) is 0 Å². The molecule has 8 bridgehead atoms. The van der Waals surface area contributed by atoms with E-state index in [4.69, 9.17) is 0 Å². The summed E-state index contributed by atoms with van der Waals surface area (Å²) in [5.41, 5.74) is 18.9. The van der Waals surface area contributed by atoms with Crippen molar-refractivity contribution >= 4 is 54.2 Å². The maximum atomic E-state index is 2.55. The summed E-state index contributed by atoms with van der Waals surface area (Å²) in [4.78, 5) is 0. The Hall–Kier alpha value is -4.26. The van der Waals surface area contributed by atoms with Crippen LogP contribution in [0.15, 0.2) is 157 Å². The van der Waals surface area contributed by atoms with Crippen molar-refractivity contribution in [3.63, 3.8) is 0 Å². The second-order valence-electron chi connectivity index (χ2n) is 17.7. The van der Waals surface area contributed by atoms with E-state index >= 15 is 0 Å². The third-order valence-electron chi connectivity index (χ3n) is 13.1. The number of fused-ring (bicyclic) bond motifs is 4. The van der Waals surface area contributed by atoms with E-state index in [0.717, 1.165) is 25.7 Å². The molecule has 59 heavy (non-hydrogen) atoms. The van der Waals surface area contributed by atoms with Crippen molar-refractivity contribution in [2.45, 2.75) is 60.6 Å². The van der Waals surface area contributed by atoms with Crippen LogP contribution in [0.5, 0.6) is 0 Å². The predicted molar refractivity (Wildman–Crippen MR) is 240 cm³/mol. The van der Waals surface area contributed by atoms with Crippen molar-refractivity contribution in [1.29, 1.82) is 0 Å². The summed E-state index contributed by atoms with van der Waals surface area (Å²) in [6.45, 7) is 9.78. The van der Waals surface area contributed by atoms with Gasteiger partial charge in [0.1, 0.15) is 0 Å². The van der Waals surface area contributed by atoms with E-state index in [-0.39, 0.29) is 24.8 Å². The van der Waals surface area contributed by atoms with Crippen molar-refractivity contribution in [3.05, 3.63) is 201 Å². The molecule has 2 unspecified atom stereocenters. The Labute approximate surface area is 373 Å². The first-order chi connectivity index (χ1) is 27.9. The predicted octanol–water partition coefficient (Wildman–Crippen LogP) is 8.99. The van der Waals surface area contributed by atoms with Crippen LogP contribution < -0.4 is 24.8 Å². The molecule has 0 radical (unpaired) electrons. The third kappa shape index (κ3) is 6.68. The van der Waals surface area contributed by atoms with Gasteiger partial charge in [-0.15, -0.1) is 0 Å². The summed E-state index contributed by atoms with van der Waals surface area (Å²) in [6.07, 6.45) is 4.37. The Balaban J connectivity index is 0.00000224. The summed E-state index contributed by atoms with van der Waals surface area (Å²) in [5.74, 6) is 1.15. The average molecular weight is 883 g/mol. The van der Waals surface area contributed by atoms with Crippen LogP contribution in [0.4, 0.5) is 0 Å². The summed E-state index contributed by atoms with van der Waals surface area (Å²) >= 11 is -1.22. The molecule has 0 amide bonds. The molecule has 0 nitrogen and oxygen atoms in total. The van der Waals surface area contributed by atoms with Crippen LogP contribution in [0.25, 0.3) is 54.2 Å². The Morgan fingerprint density at radius 2 is 0.814 bits per heavy atom. The van der Waals surface area contributed by atoms with Gasteiger partial charge in [0.15, 0.2) is 0 Å².